The summed E-state index contributed by atoms with van der Waals surface area (Å²) in [7, 11) is -3.00. The molecule has 1 unspecified atom stereocenters. The van der Waals surface area contributed by atoms with Crippen LogP contribution in [0.4, 0.5) is 22.8 Å². The Bertz CT molecular complexity index is 1650. The fraction of sp³-hybridized carbons (Fsp3) is 0.393. The van der Waals surface area contributed by atoms with Crippen LogP contribution in [-0.2, 0) is 35.2 Å². The Kier molecular flexibility index (Phi) is 12.4. The predicted octanol–water partition coefficient (Wildman–Crippen LogP) is 5.32. The Hall–Kier alpha value is -5.07. The summed E-state index contributed by atoms with van der Waals surface area (Å²) < 4.78 is 82.8. The first kappa shape index (κ1) is 36.4. The fourth-order valence-corrected chi connectivity index (χ4v) is 4.67. The first-order chi connectivity index (χ1) is 22.1. The number of unbranched alkanes of at least 4 members (excludes halogenated alkanes) is 1. The first-order valence-electron chi connectivity index (χ1n) is 14.0. The first-order valence-corrected chi connectivity index (χ1v) is 15.5. The molecule has 0 aliphatic carbocycles. The zero-order valence-corrected chi connectivity index (χ0v) is 26.6. The number of aryl methyl sites for hydroxylation is 1. The Morgan fingerprint density at radius 2 is 1.77 bits per heavy atom. The lowest BCUT2D eigenvalue weighted by Crippen LogP contribution is -2.31. The molecule has 1 amide bonds. The number of rotatable bonds is 14. The van der Waals surface area contributed by atoms with Crippen molar-refractivity contribution in [3.05, 3.63) is 71.1 Å². The molecule has 256 valence electrons. The molecule has 47 heavy (non-hydrogen) atoms. The van der Waals surface area contributed by atoms with E-state index >= 15 is 0 Å². The molecular formula is C28H33F3N6O9S. The minimum absolute atomic E-state index is 0.0950. The van der Waals surface area contributed by atoms with Crippen molar-refractivity contribution in [1.82, 2.24) is 19.5 Å². The highest BCUT2D eigenvalue weighted by Gasteiger charge is 2.35. The third kappa shape index (κ3) is 10.8. The van der Waals surface area contributed by atoms with Crippen LogP contribution < -0.4 is 4.72 Å². The molecule has 0 bridgehead atoms. The molecule has 1 atom stereocenters. The van der Waals surface area contributed by atoms with Gasteiger partial charge in [0.25, 0.3) is 16.3 Å². The van der Waals surface area contributed by atoms with Crippen LogP contribution in [0.3, 0.4) is 0 Å². The van der Waals surface area contributed by atoms with Gasteiger partial charge in [0.15, 0.2) is 5.69 Å². The van der Waals surface area contributed by atoms with Crippen molar-refractivity contribution in [3.8, 4) is 16.9 Å². The highest BCUT2D eigenvalue weighted by atomic mass is 32.2. The van der Waals surface area contributed by atoms with Gasteiger partial charge in [-0.2, -0.15) is 18.3 Å². The number of nitrogens with zero attached hydrogens (tertiary/aromatic N) is 5. The number of carbonyl (C=O) groups is 2. The van der Waals surface area contributed by atoms with E-state index in [1.54, 1.807) is 35.9 Å². The fourth-order valence-electron chi connectivity index (χ4n) is 3.78. The molecule has 0 saturated heterocycles. The van der Waals surface area contributed by atoms with Gasteiger partial charge in [-0.15, -0.1) is 5.01 Å². The summed E-state index contributed by atoms with van der Waals surface area (Å²) in [5.74, 6) is 0. The van der Waals surface area contributed by atoms with Gasteiger partial charge in [-0.25, -0.2) is 27.4 Å². The summed E-state index contributed by atoms with van der Waals surface area (Å²) in [4.78, 5) is 27.9. The summed E-state index contributed by atoms with van der Waals surface area (Å²) in [5, 5.41) is 20.0. The van der Waals surface area contributed by atoms with Gasteiger partial charge in [0.2, 0.25) is 5.28 Å². The van der Waals surface area contributed by atoms with Crippen molar-refractivity contribution >= 4 is 22.3 Å². The third-order valence-corrected chi connectivity index (χ3v) is 7.48. The Balaban J connectivity index is 1.52. The minimum Gasteiger partial charge on any atom is -0.569 e. The zero-order valence-electron chi connectivity index (χ0n) is 25.8. The van der Waals surface area contributed by atoms with Crippen LogP contribution >= 0.6 is 0 Å². The Morgan fingerprint density at radius 3 is 2.38 bits per heavy atom. The van der Waals surface area contributed by atoms with E-state index in [0.717, 1.165) is 33.5 Å². The van der Waals surface area contributed by atoms with Gasteiger partial charge in [0.1, 0.15) is 0 Å². The topological polar surface area (TPSA) is 177 Å². The summed E-state index contributed by atoms with van der Waals surface area (Å²) in [6.45, 7) is 4.79. The van der Waals surface area contributed by atoms with Crippen molar-refractivity contribution in [2.24, 2.45) is 5.28 Å². The minimum atomic E-state index is -4.71. The Morgan fingerprint density at radius 1 is 1.11 bits per heavy atom. The smallest absolute Gasteiger partial charge is 0.511 e. The molecule has 3 rings (SSSR count). The zero-order chi connectivity index (χ0) is 34.8. The van der Waals surface area contributed by atoms with Gasteiger partial charge in [0.05, 0.1) is 48.1 Å². The lowest BCUT2D eigenvalue weighted by atomic mass is 10.1. The molecule has 0 radical (unpaired) electrons. The number of hydrogen-bond donors (Lipinski definition) is 1. The van der Waals surface area contributed by atoms with E-state index < -0.39 is 40.4 Å². The number of carbonyl (C=O) groups excluding carboxylic acids is 2. The van der Waals surface area contributed by atoms with Crippen LogP contribution in [0.5, 0.6) is 0 Å². The molecule has 0 saturated carbocycles. The van der Waals surface area contributed by atoms with Gasteiger partial charge in [-0.3, -0.25) is 4.84 Å². The second kappa shape index (κ2) is 16.0. The SMILES string of the molecule is CCOC(=O)OC(C)O/N=[N+](\[O-])N(C)CCCCOC(=O)NS(=O)(=O)c1ccc(-n2nc(C(F)(F)F)cc2-c2ccc(C)cc2)cc1. The van der Waals surface area contributed by atoms with Crippen molar-refractivity contribution in [2.75, 3.05) is 26.8 Å². The number of hydrogen-bond acceptors (Lipinski definition) is 11. The van der Waals surface area contributed by atoms with Gasteiger partial charge in [-0.05, 0) is 57.0 Å². The van der Waals surface area contributed by atoms with Crippen LogP contribution in [-0.4, -0.2) is 73.5 Å². The lowest BCUT2D eigenvalue weighted by molar-refractivity contribution is -0.707. The van der Waals surface area contributed by atoms with E-state index in [1.807, 2.05) is 6.92 Å². The van der Waals surface area contributed by atoms with Gasteiger partial charge in [-0.1, -0.05) is 29.8 Å². The monoisotopic (exact) mass is 686 g/mol. The molecule has 3 aromatic rings. The highest BCUT2D eigenvalue weighted by molar-refractivity contribution is 7.90. The maximum atomic E-state index is 13.5. The molecule has 0 aliphatic rings. The number of aromatic nitrogens is 2. The predicted molar refractivity (Wildman–Crippen MR) is 157 cm³/mol. The number of sulfonamides is 1. The highest BCUT2D eigenvalue weighted by Crippen LogP contribution is 2.33. The summed E-state index contributed by atoms with van der Waals surface area (Å²) in [6.07, 6.45) is -7.56. The van der Waals surface area contributed by atoms with Crippen LogP contribution in [0.15, 0.2) is 64.8 Å². The van der Waals surface area contributed by atoms with Crippen LogP contribution in [0.2, 0.25) is 0 Å². The number of ether oxygens (including phenoxy) is 3. The summed E-state index contributed by atoms with van der Waals surface area (Å²) in [6, 6.07) is 12.4. The second-order valence-electron chi connectivity index (χ2n) is 9.82. The van der Waals surface area contributed by atoms with Crippen molar-refractivity contribution in [1.29, 1.82) is 0 Å². The van der Waals surface area contributed by atoms with Gasteiger partial charge >= 0.3 is 18.4 Å². The molecule has 1 heterocycles. The number of amides is 1. The average molecular weight is 687 g/mol. The molecule has 0 spiro atoms. The van der Waals surface area contributed by atoms with E-state index in [2.05, 4.69) is 19.8 Å². The van der Waals surface area contributed by atoms with Crippen molar-refractivity contribution < 1.29 is 55.2 Å². The van der Waals surface area contributed by atoms with E-state index in [-0.39, 0.29) is 47.4 Å². The average Bonchev–Trinajstić information content (AvgIpc) is 3.46. The number of halogens is 3. The summed E-state index contributed by atoms with van der Waals surface area (Å²) >= 11 is 0. The van der Waals surface area contributed by atoms with E-state index in [0.29, 0.717) is 12.0 Å². The van der Waals surface area contributed by atoms with Crippen molar-refractivity contribution in [3.63, 3.8) is 0 Å². The standard InChI is InChI=1S/C28H33F3N6O9S/c1-5-43-27(39)45-20(3)46-34-37(40)35(4)16-6-7-17-44-26(38)33-47(41,42)23-14-12-22(13-15-23)36-24(18-25(32-36)28(29,30)31)21-10-8-19(2)9-11-21/h8-15,18,20H,5-7,16-17H2,1-4H3,(H,33,38)/b37-34-. The van der Waals surface area contributed by atoms with E-state index in [1.165, 1.54) is 26.1 Å². The van der Waals surface area contributed by atoms with Crippen LogP contribution in [0.25, 0.3) is 16.9 Å². The molecule has 0 fully saturated rings. The maximum Gasteiger partial charge on any atom is 0.511 e. The van der Waals surface area contributed by atoms with Crippen LogP contribution in [0, 0.1) is 12.1 Å². The largest absolute Gasteiger partial charge is 0.569 e. The van der Waals surface area contributed by atoms with E-state index in [4.69, 9.17) is 9.57 Å². The van der Waals surface area contributed by atoms with Gasteiger partial charge < -0.3 is 19.4 Å². The molecule has 2 aromatic carbocycles. The third-order valence-electron chi connectivity index (χ3n) is 6.15. The molecular weight excluding hydrogens is 653 g/mol. The lowest BCUT2D eigenvalue weighted by Gasteiger charge is -2.14. The molecule has 1 N–H and O–H groups in total. The number of benzene rings is 2. The molecule has 0 aliphatic heterocycles. The normalized spacial score (nSPS) is 12.6. The Labute approximate surface area is 268 Å². The quantitative estimate of drug-likeness (QED) is 0.0580. The maximum absolute atomic E-state index is 13.5. The second-order valence-corrected chi connectivity index (χ2v) is 11.5. The summed E-state index contributed by atoms with van der Waals surface area (Å²) in [5.41, 5.74) is 0.542. The molecule has 15 nitrogen and oxygen atoms in total. The number of hydrazine groups is 1. The molecule has 1 aromatic heterocycles. The number of alkyl halides is 3. The van der Waals surface area contributed by atoms with E-state index in [9.17, 15) is 36.4 Å². The van der Waals surface area contributed by atoms with Gasteiger partial charge in [0, 0.05) is 12.5 Å². The van der Waals surface area contributed by atoms with Crippen molar-refractivity contribution in [2.45, 2.75) is 51.0 Å². The number of nitrogens with one attached hydrogen (secondary N) is 1. The van der Waals surface area contributed by atoms with Crippen LogP contribution in [0.1, 0.15) is 37.9 Å². The molecule has 19 heteroatoms.